The minimum Gasteiger partial charge on any atom is -0.478 e. The number of nitrogens with zero attached hydrogens (tertiary/aromatic N) is 5. The third-order valence-electron chi connectivity index (χ3n) is 6.44. The number of methoxy groups -OCH3 is 2. The van der Waals surface area contributed by atoms with E-state index in [4.69, 9.17) is 14.2 Å². The van der Waals surface area contributed by atoms with Crippen LogP contribution in [0.2, 0.25) is 0 Å². The van der Waals surface area contributed by atoms with Gasteiger partial charge >= 0.3 is 12.1 Å². The van der Waals surface area contributed by atoms with Crippen LogP contribution in [0.4, 0.5) is 23.2 Å². The molecule has 16 heteroatoms. The molecule has 1 aliphatic carbocycles. The summed E-state index contributed by atoms with van der Waals surface area (Å²) in [6.07, 6.45) is 4.10. The molecule has 0 saturated heterocycles. The third-order valence-corrected chi connectivity index (χ3v) is 7.03. The quantitative estimate of drug-likeness (QED) is 0.256. The number of ether oxygens (including phenoxy) is 3. The molecule has 1 unspecified atom stereocenters. The Kier molecular flexibility index (Phi) is 10.5. The molecule has 234 valence electrons. The highest BCUT2D eigenvalue weighted by Gasteiger charge is 2.37. The lowest BCUT2D eigenvalue weighted by molar-refractivity contribution is -0.139. The van der Waals surface area contributed by atoms with E-state index in [-0.39, 0.29) is 37.4 Å². The lowest BCUT2D eigenvalue weighted by Crippen LogP contribution is -2.48. The van der Waals surface area contributed by atoms with E-state index in [9.17, 15) is 27.9 Å². The van der Waals surface area contributed by atoms with Crippen molar-refractivity contribution in [2.75, 3.05) is 32.3 Å². The number of halogens is 5. The molecule has 44 heavy (non-hydrogen) atoms. The van der Waals surface area contributed by atoms with Crippen molar-refractivity contribution in [1.29, 1.82) is 0 Å². The van der Waals surface area contributed by atoms with Crippen LogP contribution in [-0.4, -0.2) is 70.4 Å². The number of pyridine rings is 1. The Labute approximate surface area is 256 Å². The van der Waals surface area contributed by atoms with Crippen LogP contribution >= 0.6 is 15.9 Å². The highest BCUT2D eigenvalue weighted by molar-refractivity contribution is 9.11. The van der Waals surface area contributed by atoms with Crippen molar-refractivity contribution in [1.82, 2.24) is 20.0 Å². The number of carboxylic acid groups (broad SMARTS) is 1. The number of carboxylic acids is 1. The third kappa shape index (κ3) is 7.67. The van der Waals surface area contributed by atoms with Gasteiger partial charge in [-0.15, -0.1) is 0 Å². The molecule has 0 radical (unpaired) electrons. The maximum atomic E-state index is 15.6. The number of anilines is 1. The van der Waals surface area contributed by atoms with Crippen LogP contribution in [0, 0.1) is 11.7 Å². The zero-order valence-electron chi connectivity index (χ0n) is 23.3. The van der Waals surface area contributed by atoms with E-state index >= 15 is 4.39 Å². The summed E-state index contributed by atoms with van der Waals surface area (Å²) in [6.45, 7) is -0.339. The molecule has 1 aliphatic rings. The minimum absolute atomic E-state index is 0.0815. The normalized spacial score (nSPS) is 14.9. The van der Waals surface area contributed by atoms with Crippen molar-refractivity contribution in [2.24, 2.45) is 5.92 Å². The number of carbonyl (C=O) groups excluding carboxylic acids is 1. The van der Waals surface area contributed by atoms with Crippen LogP contribution in [0.15, 0.2) is 59.5 Å². The van der Waals surface area contributed by atoms with Crippen LogP contribution in [0.1, 0.15) is 27.9 Å². The molecule has 1 amide bonds. The number of alkyl halides is 3. The van der Waals surface area contributed by atoms with Crippen molar-refractivity contribution in [2.45, 2.75) is 25.2 Å². The molecule has 1 aromatic carbocycles. The fourth-order valence-electron chi connectivity index (χ4n) is 4.48. The van der Waals surface area contributed by atoms with Crippen molar-refractivity contribution < 1.29 is 46.5 Å². The summed E-state index contributed by atoms with van der Waals surface area (Å²) in [4.78, 5) is 32.2. The Morgan fingerprint density at radius 3 is 2.41 bits per heavy atom. The van der Waals surface area contributed by atoms with E-state index < -0.39 is 58.6 Å². The number of hydrogen-bond acceptors (Lipinski definition) is 8. The molecule has 0 aliphatic heterocycles. The van der Waals surface area contributed by atoms with Crippen LogP contribution in [0.25, 0.3) is 0 Å². The number of amides is 1. The zero-order valence-corrected chi connectivity index (χ0v) is 24.9. The largest absolute Gasteiger partial charge is 0.478 e. The number of rotatable bonds is 12. The molecular weight excluding hydrogens is 658 g/mol. The first-order chi connectivity index (χ1) is 20.9. The lowest BCUT2D eigenvalue weighted by atomic mass is 9.97. The van der Waals surface area contributed by atoms with Gasteiger partial charge in [0.25, 0.3) is 0 Å². The number of benzene rings is 1. The molecule has 0 fully saturated rings. The molecule has 0 spiro atoms. The molecule has 4 rings (SSSR count). The van der Waals surface area contributed by atoms with Gasteiger partial charge in [-0.2, -0.15) is 28.2 Å². The van der Waals surface area contributed by atoms with Gasteiger partial charge in [0, 0.05) is 37.0 Å². The fraction of sp³-hybridized carbons (Fsp3) is 0.321. The van der Waals surface area contributed by atoms with Crippen molar-refractivity contribution in [3.63, 3.8) is 0 Å². The fourth-order valence-corrected chi connectivity index (χ4v) is 4.82. The molecule has 1 atom stereocenters. The summed E-state index contributed by atoms with van der Waals surface area (Å²) >= 11 is 3.32. The first-order valence-corrected chi connectivity index (χ1v) is 13.7. The van der Waals surface area contributed by atoms with Crippen LogP contribution in [-0.2, 0) is 27.0 Å². The molecule has 2 aromatic heterocycles. The van der Waals surface area contributed by atoms with Gasteiger partial charge in [-0.3, -0.25) is 4.79 Å². The van der Waals surface area contributed by atoms with E-state index in [0.717, 1.165) is 32.5 Å². The molecule has 0 saturated carbocycles. The van der Waals surface area contributed by atoms with E-state index in [1.807, 2.05) is 0 Å². The Hall–Kier alpha value is -4.15. The second-order valence-corrected chi connectivity index (χ2v) is 10.4. The number of allylic oxidation sites excluding steroid dienone is 3. The van der Waals surface area contributed by atoms with Gasteiger partial charge in [0.15, 0.2) is 11.6 Å². The van der Waals surface area contributed by atoms with Gasteiger partial charge in [-0.05, 0) is 18.1 Å². The molecular formula is C28H26BrF4N5O6. The Morgan fingerprint density at radius 2 is 1.84 bits per heavy atom. The van der Waals surface area contributed by atoms with Crippen molar-refractivity contribution in [3.8, 4) is 11.6 Å². The zero-order chi connectivity index (χ0) is 32.0. The average Bonchev–Trinajstić information content (AvgIpc) is 3.48. The van der Waals surface area contributed by atoms with Gasteiger partial charge in [0.05, 0.1) is 55.4 Å². The Morgan fingerprint density at radius 1 is 1.16 bits per heavy atom. The first kappa shape index (κ1) is 32.8. The van der Waals surface area contributed by atoms with E-state index in [1.165, 1.54) is 26.6 Å². The van der Waals surface area contributed by atoms with Crippen molar-refractivity contribution in [3.05, 3.63) is 82.0 Å². The summed E-state index contributed by atoms with van der Waals surface area (Å²) in [5.74, 6) is -6.00. The number of aromatic nitrogens is 4. The summed E-state index contributed by atoms with van der Waals surface area (Å²) in [6, 6.07) is 1.29. The van der Waals surface area contributed by atoms with Gasteiger partial charge < -0.3 is 24.2 Å². The van der Waals surface area contributed by atoms with Crippen molar-refractivity contribution >= 4 is 33.5 Å². The van der Waals surface area contributed by atoms with Crippen LogP contribution in [0.3, 0.4) is 0 Å². The maximum absolute atomic E-state index is 15.6. The summed E-state index contributed by atoms with van der Waals surface area (Å²) < 4.78 is 74.0. The molecule has 1 N–H and O–H groups in total. The van der Waals surface area contributed by atoms with Crippen LogP contribution in [0.5, 0.6) is 11.6 Å². The van der Waals surface area contributed by atoms with Gasteiger partial charge in [0.1, 0.15) is 5.56 Å². The predicted octanol–water partition coefficient (Wildman–Crippen LogP) is 5.22. The molecule has 11 nitrogen and oxygen atoms in total. The maximum Gasteiger partial charge on any atom is 0.421 e. The van der Waals surface area contributed by atoms with Gasteiger partial charge in [-0.25, -0.2) is 14.2 Å². The average molecular weight is 684 g/mol. The number of aromatic carboxylic acids is 1. The molecule has 3 aromatic rings. The summed E-state index contributed by atoms with van der Waals surface area (Å²) in [5, 5.41) is 17.8. The Bertz CT molecular complexity index is 1560. The molecule has 0 bridgehead atoms. The van der Waals surface area contributed by atoms with Gasteiger partial charge in [0.2, 0.25) is 11.8 Å². The summed E-state index contributed by atoms with van der Waals surface area (Å²) in [7, 11) is 2.73. The highest BCUT2D eigenvalue weighted by atomic mass is 79.9. The van der Waals surface area contributed by atoms with E-state index in [2.05, 4.69) is 31.1 Å². The SMILES string of the molecule is COCC(COC)N(C(=O)C1C=CC(Br)=CC1)c1cc(F)c(Oc2ncc(Cn3nccn3)cc2C(F)(F)F)cc1C(=O)O. The Balaban J connectivity index is 1.77. The van der Waals surface area contributed by atoms with E-state index in [0.29, 0.717) is 6.07 Å². The predicted molar refractivity (Wildman–Crippen MR) is 151 cm³/mol. The first-order valence-electron chi connectivity index (χ1n) is 12.9. The lowest BCUT2D eigenvalue weighted by Gasteiger charge is -2.34. The number of hydrogen-bond donors (Lipinski definition) is 1. The monoisotopic (exact) mass is 683 g/mol. The second-order valence-electron chi connectivity index (χ2n) is 9.52. The minimum atomic E-state index is -4.96. The standard InChI is InChI=1S/C28H26BrF4N5O6/c1-42-14-19(15-43-2)38(26(39)17-3-5-18(29)6-4-17)23-11-22(30)24(10-20(23)27(40)41)44-25-21(28(31,32)33)9-16(12-34-25)13-37-35-7-8-36-37/h3,5-12,17,19H,4,13-15H2,1-2H3,(H,40,41). The second kappa shape index (κ2) is 14.1. The van der Waals surface area contributed by atoms with E-state index in [1.54, 1.807) is 18.2 Å². The molecule has 2 heterocycles. The summed E-state index contributed by atoms with van der Waals surface area (Å²) in [5.41, 5.74) is -2.22. The van der Waals surface area contributed by atoms with Crippen LogP contribution < -0.4 is 9.64 Å². The smallest absolute Gasteiger partial charge is 0.421 e. The topological polar surface area (TPSA) is 129 Å². The van der Waals surface area contributed by atoms with Gasteiger partial charge in [-0.1, -0.05) is 34.2 Å². The number of carbonyl (C=O) groups is 2. The highest BCUT2D eigenvalue weighted by Crippen LogP contribution is 2.40.